The van der Waals surface area contributed by atoms with E-state index in [2.05, 4.69) is 29.4 Å². The monoisotopic (exact) mass is 378 g/mol. The molecule has 146 valence electrons. The maximum Gasteiger partial charge on any atom is 0.252 e. The normalized spacial score (nSPS) is 12.2. The molecule has 3 rings (SSSR count). The first-order valence-electron chi connectivity index (χ1n) is 9.38. The lowest BCUT2D eigenvalue weighted by molar-refractivity contribution is 0.0887. The van der Waals surface area contributed by atoms with E-state index in [0.717, 1.165) is 28.7 Å². The second-order valence-corrected chi connectivity index (χ2v) is 7.09. The molecule has 0 aliphatic rings. The zero-order valence-corrected chi connectivity index (χ0v) is 17.0. The van der Waals surface area contributed by atoms with Gasteiger partial charge in [0.1, 0.15) is 0 Å². The number of hydrogen-bond donors (Lipinski definition) is 1. The maximum atomic E-state index is 12.5. The summed E-state index contributed by atoms with van der Waals surface area (Å²) < 4.78 is 5.54. The molecule has 1 amide bonds. The van der Waals surface area contributed by atoms with Crippen molar-refractivity contribution in [2.45, 2.75) is 33.4 Å². The highest BCUT2D eigenvalue weighted by Gasteiger charge is 2.14. The van der Waals surface area contributed by atoms with Crippen molar-refractivity contribution in [2.75, 3.05) is 14.1 Å². The summed E-state index contributed by atoms with van der Waals surface area (Å²) in [6.07, 6.45) is 0.863. The number of nitrogens with one attached hydrogen (secondary N) is 1. The Hall–Kier alpha value is -2.99. The van der Waals surface area contributed by atoms with E-state index in [0.29, 0.717) is 17.3 Å². The summed E-state index contributed by atoms with van der Waals surface area (Å²) in [7, 11) is 3.91. The molecule has 6 heteroatoms. The predicted molar refractivity (Wildman–Crippen MR) is 110 cm³/mol. The van der Waals surface area contributed by atoms with Crippen LogP contribution in [0.5, 0.6) is 0 Å². The Morgan fingerprint density at radius 3 is 2.32 bits per heavy atom. The summed E-state index contributed by atoms with van der Waals surface area (Å²) in [5, 5.41) is 11.0. The Morgan fingerprint density at radius 1 is 1.07 bits per heavy atom. The van der Waals surface area contributed by atoms with E-state index in [1.54, 1.807) is 6.92 Å². The lowest BCUT2D eigenvalue weighted by atomic mass is 9.97. The van der Waals surface area contributed by atoms with Crippen molar-refractivity contribution < 1.29 is 9.21 Å². The highest BCUT2D eigenvalue weighted by Crippen LogP contribution is 2.29. The fourth-order valence-corrected chi connectivity index (χ4v) is 3.11. The first-order chi connectivity index (χ1) is 13.4. The third kappa shape index (κ3) is 4.28. The number of rotatable bonds is 6. The van der Waals surface area contributed by atoms with Gasteiger partial charge in [0, 0.05) is 18.1 Å². The lowest BCUT2D eigenvalue weighted by Gasteiger charge is -2.24. The molecule has 1 N–H and O–H groups in total. The molecule has 0 radical (unpaired) electrons. The summed E-state index contributed by atoms with van der Waals surface area (Å²) in [6.45, 7) is 5.88. The summed E-state index contributed by atoms with van der Waals surface area (Å²) in [4.78, 5) is 14.5. The number of hydrogen-bond acceptors (Lipinski definition) is 5. The molecule has 1 aromatic heterocycles. The van der Waals surface area contributed by atoms with Crippen molar-refractivity contribution in [2.24, 2.45) is 0 Å². The number of nitrogens with zero attached hydrogens (tertiary/aromatic N) is 3. The molecular formula is C22H26N4O2. The first-order valence-corrected chi connectivity index (χ1v) is 9.38. The van der Waals surface area contributed by atoms with Crippen LogP contribution >= 0.6 is 0 Å². The molecule has 0 saturated carbocycles. The Balaban J connectivity index is 1.84. The number of benzene rings is 2. The Morgan fingerprint density at radius 2 is 1.75 bits per heavy atom. The smallest absolute Gasteiger partial charge is 0.252 e. The van der Waals surface area contributed by atoms with Crippen LogP contribution in [0.4, 0.5) is 0 Å². The number of amides is 1. The molecule has 1 unspecified atom stereocenters. The minimum Gasteiger partial charge on any atom is -0.421 e. The molecule has 0 aliphatic carbocycles. The van der Waals surface area contributed by atoms with Crippen LogP contribution < -0.4 is 5.32 Å². The summed E-state index contributed by atoms with van der Waals surface area (Å²) >= 11 is 0. The van der Waals surface area contributed by atoms with Crippen LogP contribution in [0.2, 0.25) is 0 Å². The maximum absolute atomic E-state index is 12.5. The van der Waals surface area contributed by atoms with Gasteiger partial charge in [0.15, 0.2) is 0 Å². The van der Waals surface area contributed by atoms with Crippen molar-refractivity contribution in [1.29, 1.82) is 0 Å². The lowest BCUT2D eigenvalue weighted by Crippen LogP contribution is -2.44. The molecule has 1 heterocycles. The molecule has 2 aromatic carbocycles. The Labute approximate surface area is 165 Å². The van der Waals surface area contributed by atoms with E-state index in [1.807, 2.05) is 61.5 Å². The number of carbonyl (C=O) groups is 1. The van der Waals surface area contributed by atoms with E-state index < -0.39 is 0 Å². The highest BCUT2D eigenvalue weighted by molar-refractivity contribution is 5.95. The largest absolute Gasteiger partial charge is 0.421 e. The van der Waals surface area contributed by atoms with E-state index in [-0.39, 0.29) is 12.1 Å². The Bertz CT molecular complexity index is 961. The topological polar surface area (TPSA) is 71.3 Å². The van der Waals surface area contributed by atoms with Crippen molar-refractivity contribution in [3.05, 3.63) is 59.5 Å². The van der Waals surface area contributed by atoms with Gasteiger partial charge in [-0.3, -0.25) is 9.69 Å². The van der Waals surface area contributed by atoms with Gasteiger partial charge in [0.2, 0.25) is 11.8 Å². The minimum absolute atomic E-state index is 0.0176. The summed E-state index contributed by atoms with van der Waals surface area (Å²) in [5.41, 5.74) is 4.76. The highest BCUT2D eigenvalue weighted by atomic mass is 16.4. The number of aromatic nitrogens is 2. The first kappa shape index (κ1) is 19.8. The third-order valence-electron chi connectivity index (χ3n) is 4.78. The molecule has 0 aliphatic heterocycles. The Kier molecular flexibility index (Phi) is 5.90. The van der Waals surface area contributed by atoms with Gasteiger partial charge < -0.3 is 9.73 Å². The van der Waals surface area contributed by atoms with Gasteiger partial charge in [-0.1, -0.05) is 25.1 Å². The van der Waals surface area contributed by atoms with E-state index in [1.165, 1.54) is 0 Å². The molecule has 0 spiro atoms. The van der Waals surface area contributed by atoms with Crippen molar-refractivity contribution in [3.63, 3.8) is 0 Å². The van der Waals surface area contributed by atoms with Gasteiger partial charge in [-0.25, -0.2) is 0 Å². The molecule has 0 saturated heterocycles. The van der Waals surface area contributed by atoms with Gasteiger partial charge in [-0.2, -0.15) is 0 Å². The van der Waals surface area contributed by atoms with Gasteiger partial charge in [-0.05, 0) is 68.4 Å². The van der Waals surface area contributed by atoms with Crippen molar-refractivity contribution in [1.82, 2.24) is 20.4 Å². The minimum atomic E-state index is -0.0705. The third-order valence-corrected chi connectivity index (χ3v) is 4.78. The fourth-order valence-electron chi connectivity index (χ4n) is 3.11. The average Bonchev–Trinajstić information content (AvgIpc) is 3.12. The van der Waals surface area contributed by atoms with E-state index in [4.69, 9.17) is 4.42 Å². The molecular weight excluding hydrogens is 352 g/mol. The zero-order chi connectivity index (χ0) is 20.3. The van der Waals surface area contributed by atoms with E-state index >= 15 is 0 Å². The standard InChI is InChI=1S/C22H26N4O2/c1-6-20(26(4)5)23-21(27)17-11-9-16(10-12-17)19-13-18(8-7-14(19)2)22-25-24-15(3)28-22/h7-13,20H,6H2,1-5H3,(H,23,27). The predicted octanol–water partition coefficient (Wildman–Crippen LogP) is 4.05. The van der Waals surface area contributed by atoms with Gasteiger partial charge in [-0.15, -0.1) is 10.2 Å². The van der Waals surface area contributed by atoms with Gasteiger partial charge >= 0.3 is 0 Å². The molecule has 1 atom stereocenters. The van der Waals surface area contributed by atoms with Crippen LogP contribution in [0.15, 0.2) is 46.9 Å². The van der Waals surface area contributed by atoms with Gasteiger partial charge in [0.25, 0.3) is 5.91 Å². The zero-order valence-electron chi connectivity index (χ0n) is 17.0. The quantitative estimate of drug-likeness (QED) is 0.655. The second-order valence-electron chi connectivity index (χ2n) is 7.09. The molecule has 0 fully saturated rings. The summed E-state index contributed by atoms with van der Waals surface area (Å²) in [6, 6.07) is 13.7. The van der Waals surface area contributed by atoms with Crippen LogP contribution in [0, 0.1) is 13.8 Å². The second kappa shape index (κ2) is 8.35. The van der Waals surface area contributed by atoms with Crippen molar-refractivity contribution >= 4 is 5.91 Å². The molecule has 28 heavy (non-hydrogen) atoms. The van der Waals surface area contributed by atoms with Crippen LogP contribution in [0.1, 0.15) is 35.2 Å². The molecule has 0 bridgehead atoms. The van der Waals surface area contributed by atoms with Crippen LogP contribution in [-0.2, 0) is 0 Å². The van der Waals surface area contributed by atoms with Crippen LogP contribution in [0.25, 0.3) is 22.6 Å². The van der Waals surface area contributed by atoms with E-state index in [9.17, 15) is 4.79 Å². The fraction of sp³-hybridized carbons (Fsp3) is 0.318. The van der Waals surface area contributed by atoms with Crippen LogP contribution in [0.3, 0.4) is 0 Å². The van der Waals surface area contributed by atoms with Crippen LogP contribution in [-0.4, -0.2) is 41.3 Å². The van der Waals surface area contributed by atoms with Gasteiger partial charge in [0.05, 0.1) is 6.17 Å². The van der Waals surface area contributed by atoms with Crippen molar-refractivity contribution in [3.8, 4) is 22.6 Å². The summed E-state index contributed by atoms with van der Waals surface area (Å²) in [5.74, 6) is 0.971. The number of carbonyl (C=O) groups excluding carboxylic acids is 1. The SMILES string of the molecule is CCC(NC(=O)c1ccc(-c2cc(-c3nnc(C)o3)ccc2C)cc1)N(C)C. The molecule has 3 aromatic rings. The average molecular weight is 378 g/mol. The molecule has 6 nitrogen and oxygen atoms in total. The number of aryl methyl sites for hydroxylation is 2.